The van der Waals surface area contributed by atoms with Crippen molar-refractivity contribution in [1.29, 1.82) is 0 Å². The molecule has 0 aliphatic carbocycles. The highest BCUT2D eigenvalue weighted by molar-refractivity contribution is 7.92. The molecule has 5 nitrogen and oxygen atoms in total. The summed E-state index contributed by atoms with van der Waals surface area (Å²) in [4.78, 5) is 13.7. The number of carbonyl (C=O) groups excluding carboxylic acids is 1. The molecule has 1 saturated heterocycles. The number of hydrogen-bond acceptors (Lipinski definition) is 3. The lowest BCUT2D eigenvalue weighted by molar-refractivity contribution is 0.0651. The van der Waals surface area contributed by atoms with Gasteiger partial charge in [-0.2, -0.15) is 0 Å². The van der Waals surface area contributed by atoms with E-state index in [1.807, 2.05) is 0 Å². The van der Waals surface area contributed by atoms with E-state index in [9.17, 15) is 17.6 Å². The molecule has 126 valence electrons. The lowest BCUT2D eigenvalue weighted by Gasteiger charge is -2.31. The summed E-state index contributed by atoms with van der Waals surface area (Å²) in [6, 6.07) is 9.03. The predicted molar refractivity (Wildman–Crippen MR) is 89.2 cm³/mol. The Hall–Kier alpha value is -2.12. The largest absolute Gasteiger partial charge is 0.339 e. The third-order valence-electron chi connectivity index (χ3n) is 3.71. The van der Waals surface area contributed by atoms with Crippen LogP contribution in [-0.4, -0.2) is 32.3 Å². The maximum Gasteiger partial charge on any atom is 0.263 e. The molecule has 1 aliphatic rings. The number of nitrogens with zero attached hydrogens (tertiary/aromatic N) is 1. The van der Waals surface area contributed by atoms with E-state index in [2.05, 4.69) is 4.72 Å². The van der Waals surface area contributed by atoms with Gasteiger partial charge in [0.25, 0.3) is 15.9 Å². The van der Waals surface area contributed by atoms with Crippen LogP contribution in [0, 0.1) is 5.82 Å². The van der Waals surface area contributed by atoms with Gasteiger partial charge in [0.2, 0.25) is 0 Å². The van der Waals surface area contributed by atoms with Gasteiger partial charge in [-0.25, -0.2) is 12.8 Å². The van der Waals surface area contributed by atoms with Gasteiger partial charge >= 0.3 is 0 Å². The van der Waals surface area contributed by atoms with Gasteiger partial charge in [0, 0.05) is 24.3 Å². The van der Waals surface area contributed by atoms with Crippen molar-refractivity contribution < 1.29 is 17.6 Å². The molecule has 0 spiro atoms. The molecular formula is C16H14ClFN2O3S. The number of nitrogens with one attached hydrogen (secondary N) is 1. The fourth-order valence-electron chi connectivity index (χ4n) is 2.27. The minimum atomic E-state index is -4.00. The van der Waals surface area contributed by atoms with Crippen LogP contribution in [0.1, 0.15) is 16.8 Å². The number of halogens is 2. The summed E-state index contributed by atoms with van der Waals surface area (Å²) < 4.78 is 40.3. The molecule has 3 rings (SSSR count). The van der Waals surface area contributed by atoms with Crippen molar-refractivity contribution in [2.45, 2.75) is 11.3 Å². The van der Waals surface area contributed by atoms with Crippen LogP contribution >= 0.6 is 11.6 Å². The zero-order valence-electron chi connectivity index (χ0n) is 12.5. The zero-order valence-corrected chi connectivity index (χ0v) is 14.1. The van der Waals surface area contributed by atoms with E-state index in [1.165, 1.54) is 30.3 Å². The Morgan fingerprint density at radius 1 is 1.12 bits per heavy atom. The van der Waals surface area contributed by atoms with Crippen LogP contribution in [0.25, 0.3) is 0 Å². The molecule has 8 heteroatoms. The smallest absolute Gasteiger partial charge is 0.263 e. The second-order valence-corrected chi connectivity index (χ2v) is 7.46. The van der Waals surface area contributed by atoms with Gasteiger partial charge in [0.15, 0.2) is 0 Å². The minimum absolute atomic E-state index is 0.00442. The first kappa shape index (κ1) is 16.7. The SMILES string of the molecule is O=C(c1ccc(Cl)c(S(=O)(=O)Nc2ccc(F)cc2)c1)N1CCC1. The third kappa shape index (κ3) is 3.37. The Bertz CT molecular complexity index is 881. The van der Waals surface area contributed by atoms with Gasteiger partial charge in [-0.1, -0.05) is 11.6 Å². The normalized spacial score (nSPS) is 14.2. The van der Waals surface area contributed by atoms with Crippen LogP contribution in [0.3, 0.4) is 0 Å². The maximum absolute atomic E-state index is 12.9. The monoisotopic (exact) mass is 368 g/mol. The van der Waals surface area contributed by atoms with Crippen LogP contribution in [0.15, 0.2) is 47.4 Å². The van der Waals surface area contributed by atoms with Crippen LogP contribution in [0.5, 0.6) is 0 Å². The number of anilines is 1. The fraction of sp³-hybridized carbons (Fsp3) is 0.188. The van der Waals surface area contributed by atoms with Gasteiger partial charge < -0.3 is 4.90 Å². The molecule has 1 heterocycles. The van der Waals surface area contributed by atoms with Crippen molar-refractivity contribution in [3.63, 3.8) is 0 Å². The van der Waals surface area contributed by atoms with Crippen molar-refractivity contribution >= 4 is 33.2 Å². The summed E-state index contributed by atoms with van der Waals surface area (Å²) in [6.07, 6.45) is 0.941. The predicted octanol–water partition coefficient (Wildman–Crippen LogP) is 3.13. The van der Waals surface area contributed by atoms with Crippen LogP contribution < -0.4 is 4.72 Å². The number of carbonyl (C=O) groups is 1. The second kappa shape index (κ2) is 6.41. The third-order valence-corrected chi connectivity index (χ3v) is 5.57. The van der Waals surface area contributed by atoms with Gasteiger partial charge in [-0.05, 0) is 48.9 Å². The van der Waals surface area contributed by atoms with E-state index in [1.54, 1.807) is 4.90 Å². The molecule has 24 heavy (non-hydrogen) atoms. The summed E-state index contributed by atoms with van der Waals surface area (Å²) >= 11 is 6.00. The van der Waals surface area contributed by atoms with Gasteiger partial charge in [-0.15, -0.1) is 0 Å². The van der Waals surface area contributed by atoms with Gasteiger partial charge in [0.05, 0.1) is 5.02 Å². The van der Waals surface area contributed by atoms with E-state index >= 15 is 0 Å². The van der Waals surface area contributed by atoms with Crippen molar-refractivity contribution in [1.82, 2.24) is 4.90 Å². The average molecular weight is 369 g/mol. The van der Waals surface area contributed by atoms with Crippen molar-refractivity contribution in [3.8, 4) is 0 Å². The number of likely N-dealkylation sites (tertiary alicyclic amines) is 1. The minimum Gasteiger partial charge on any atom is -0.339 e. The van der Waals surface area contributed by atoms with Crippen LogP contribution in [0.2, 0.25) is 5.02 Å². The summed E-state index contributed by atoms with van der Waals surface area (Å²) in [5.41, 5.74) is 0.463. The molecule has 1 aliphatic heterocycles. The summed E-state index contributed by atoms with van der Waals surface area (Å²) in [6.45, 7) is 1.33. The van der Waals surface area contributed by atoms with Gasteiger partial charge in [0.1, 0.15) is 10.7 Å². The number of hydrogen-bond donors (Lipinski definition) is 1. The summed E-state index contributed by atoms with van der Waals surface area (Å²) in [7, 11) is -4.00. The Kier molecular flexibility index (Phi) is 4.47. The topological polar surface area (TPSA) is 66.5 Å². The van der Waals surface area contributed by atoms with Gasteiger partial charge in [-0.3, -0.25) is 9.52 Å². The van der Waals surface area contributed by atoms with E-state index in [4.69, 9.17) is 11.6 Å². The lowest BCUT2D eigenvalue weighted by Crippen LogP contribution is -2.42. The lowest BCUT2D eigenvalue weighted by atomic mass is 10.1. The molecule has 0 bridgehead atoms. The van der Waals surface area contributed by atoms with Crippen molar-refractivity contribution in [3.05, 3.63) is 58.9 Å². The zero-order chi connectivity index (χ0) is 17.3. The van der Waals surface area contributed by atoms with Crippen molar-refractivity contribution in [2.24, 2.45) is 0 Å². The van der Waals surface area contributed by atoms with E-state index in [0.717, 1.165) is 18.6 Å². The van der Waals surface area contributed by atoms with Crippen LogP contribution in [-0.2, 0) is 10.0 Å². The Morgan fingerprint density at radius 3 is 2.38 bits per heavy atom. The first-order chi connectivity index (χ1) is 11.4. The fourth-order valence-corrected chi connectivity index (χ4v) is 3.86. The van der Waals surface area contributed by atoms with E-state index in [0.29, 0.717) is 13.1 Å². The summed E-state index contributed by atoms with van der Waals surface area (Å²) in [5.74, 6) is -0.700. The first-order valence-electron chi connectivity index (χ1n) is 7.24. The molecule has 1 N–H and O–H groups in total. The number of rotatable bonds is 4. The molecule has 0 aromatic heterocycles. The quantitative estimate of drug-likeness (QED) is 0.901. The molecule has 0 radical (unpaired) electrons. The Balaban J connectivity index is 1.91. The highest BCUT2D eigenvalue weighted by atomic mass is 35.5. The molecular weight excluding hydrogens is 355 g/mol. The number of sulfonamides is 1. The highest BCUT2D eigenvalue weighted by Gasteiger charge is 2.25. The maximum atomic E-state index is 12.9. The highest BCUT2D eigenvalue weighted by Crippen LogP contribution is 2.26. The van der Waals surface area contributed by atoms with E-state index in [-0.39, 0.29) is 27.1 Å². The Morgan fingerprint density at radius 2 is 1.79 bits per heavy atom. The Labute approximate surface area is 144 Å². The molecule has 2 aromatic rings. The summed E-state index contributed by atoms with van der Waals surface area (Å²) in [5, 5.41) is 0.00442. The molecule has 2 aromatic carbocycles. The van der Waals surface area contributed by atoms with Crippen molar-refractivity contribution in [2.75, 3.05) is 17.8 Å². The van der Waals surface area contributed by atoms with E-state index < -0.39 is 15.8 Å². The molecule has 0 unspecified atom stereocenters. The standard InChI is InChI=1S/C16H14ClFN2O3S/c17-14-7-2-11(16(21)20-8-1-9-20)10-15(14)24(22,23)19-13-5-3-12(18)4-6-13/h2-7,10,19H,1,8-9H2. The second-order valence-electron chi connectivity index (χ2n) is 5.40. The molecule has 0 atom stereocenters. The number of amides is 1. The average Bonchev–Trinajstić information content (AvgIpc) is 2.48. The molecule has 0 saturated carbocycles. The van der Waals surface area contributed by atoms with Crippen LogP contribution in [0.4, 0.5) is 10.1 Å². The molecule has 1 amide bonds. The number of benzene rings is 2. The molecule has 1 fully saturated rings. The first-order valence-corrected chi connectivity index (χ1v) is 9.10.